The average molecular weight is 402 g/mol. The van der Waals surface area contributed by atoms with Crippen molar-refractivity contribution in [2.75, 3.05) is 54.4 Å². The lowest BCUT2D eigenvalue weighted by atomic mass is 10.3. The van der Waals surface area contributed by atoms with Gasteiger partial charge in [-0.15, -0.1) is 0 Å². The van der Waals surface area contributed by atoms with Gasteiger partial charge in [0.25, 0.3) is 0 Å². The highest BCUT2D eigenvalue weighted by atomic mass is 19.1. The Bertz CT molecular complexity index is 895. The molecule has 0 aliphatic carbocycles. The fraction of sp³-hybridized carbons (Fsp3) is 0.450. The number of nitrogens with one attached hydrogen (secondary N) is 1. The molecular formula is C20H24F2N6O. The van der Waals surface area contributed by atoms with Gasteiger partial charge < -0.3 is 20.0 Å². The number of hydrogen-bond donors (Lipinski definition) is 1. The van der Waals surface area contributed by atoms with Gasteiger partial charge >= 0.3 is 6.03 Å². The van der Waals surface area contributed by atoms with Crippen LogP contribution in [0.2, 0.25) is 0 Å². The number of amides is 2. The summed E-state index contributed by atoms with van der Waals surface area (Å²) in [5.41, 5.74) is 0.762. The van der Waals surface area contributed by atoms with Crippen LogP contribution in [0.25, 0.3) is 0 Å². The fourth-order valence-corrected chi connectivity index (χ4v) is 3.68. The van der Waals surface area contributed by atoms with E-state index >= 15 is 0 Å². The minimum Gasteiger partial charge on any atom is -0.353 e. The zero-order valence-corrected chi connectivity index (χ0v) is 16.4. The van der Waals surface area contributed by atoms with Crippen LogP contribution in [0.1, 0.15) is 18.5 Å². The van der Waals surface area contributed by atoms with E-state index < -0.39 is 17.7 Å². The molecular weight excluding hydrogens is 378 g/mol. The minimum atomic E-state index is -0.663. The van der Waals surface area contributed by atoms with E-state index in [1.54, 1.807) is 4.90 Å². The van der Waals surface area contributed by atoms with E-state index in [0.717, 1.165) is 61.6 Å². The highest BCUT2D eigenvalue weighted by molar-refractivity contribution is 5.89. The van der Waals surface area contributed by atoms with Gasteiger partial charge in [0.05, 0.1) is 5.69 Å². The third kappa shape index (κ3) is 4.38. The summed E-state index contributed by atoms with van der Waals surface area (Å²) in [6.07, 6.45) is 2.32. The maximum atomic E-state index is 13.8. The zero-order valence-electron chi connectivity index (χ0n) is 16.4. The second-order valence-electron chi connectivity index (χ2n) is 7.39. The SMILES string of the molecule is Cc1cc(N2CCN(C(=O)Nc3cc(F)ccc3F)CC2)nc(N2CCCC2)n1. The van der Waals surface area contributed by atoms with Gasteiger partial charge in [-0.2, -0.15) is 4.98 Å². The van der Waals surface area contributed by atoms with Gasteiger partial charge in [0.1, 0.15) is 17.5 Å². The van der Waals surface area contributed by atoms with Crippen molar-refractivity contribution in [1.29, 1.82) is 0 Å². The summed E-state index contributed by atoms with van der Waals surface area (Å²) in [5, 5.41) is 2.45. The van der Waals surface area contributed by atoms with Crippen LogP contribution >= 0.6 is 0 Å². The first-order chi connectivity index (χ1) is 14.0. The van der Waals surface area contributed by atoms with Crippen molar-refractivity contribution >= 4 is 23.5 Å². The standard InChI is InChI=1S/C20H24F2N6O/c1-14-12-18(25-19(23-14)27-6-2-3-7-27)26-8-10-28(11-9-26)20(29)24-17-13-15(21)4-5-16(17)22/h4-5,12-13H,2-3,6-11H2,1H3,(H,24,29). The Labute approximate surface area is 168 Å². The largest absolute Gasteiger partial charge is 0.353 e. The molecule has 2 aromatic rings. The van der Waals surface area contributed by atoms with Crippen LogP contribution in [-0.2, 0) is 0 Å². The van der Waals surface area contributed by atoms with Crippen LogP contribution in [0, 0.1) is 18.6 Å². The lowest BCUT2D eigenvalue weighted by Gasteiger charge is -2.35. The van der Waals surface area contributed by atoms with Crippen molar-refractivity contribution in [2.24, 2.45) is 0 Å². The van der Waals surface area contributed by atoms with Crippen molar-refractivity contribution in [2.45, 2.75) is 19.8 Å². The van der Waals surface area contributed by atoms with Gasteiger partial charge in [-0.1, -0.05) is 0 Å². The van der Waals surface area contributed by atoms with Crippen molar-refractivity contribution in [3.63, 3.8) is 0 Å². The summed E-state index contributed by atoms with van der Waals surface area (Å²) in [7, 11) is 0. The molecule has 4 rings (SSSR count). The molecule has 1 aromatic heterocycles. The van der Waals surface area contributed by atoms with Gasteiger partial charge in [0.15, 0.2) is 0 Å². The summed E-state index contributed by atoms with van der Waals surface area (Å²) in [4.78, 5) is 27.6. The molecule has 9 heteroatoms. The predicted octanol–water partition coefficient (Wildman–Crippen LogP) is 3.02. The van der Waals surface area contributed by atoms with Gasteiger partial charge in [-0.3, -0.25) is 0 Å². The number of carbonyl (C=O) groups excluding carboxylic acids is 1. The molecule has 3 heterocycles. The molecule has 0 unspecified atom stereocenters. The van der Waals surface area contributed by atoms with Crippen LogP contribution in [-0.4, -0.2) is 60.2 Å². The number of anilines is 3. The van der Waals surface area contributed by atoms with Crippen molar-refractivity contribution < 1.29 is 13.6 Å². The molecule has 1 aromatic carbocycles. The van der Waals surface area contributed by atoms with E-state index in [-0.39, 0.29) is 5.69 Å². The van der Waals surface area contributed by atoms with E-state index in [9.17, 15) is 13.6 Å². The number of nitrogens with zero attached hydrogens (tertiary/aromatic N) is 5. The highest BCUT2D eigenvalue weighted by Gasteiger charge is 2.24. The van der Waals surface area contributed by atoms with Crippen molar-refractivity contribution in [1.82, 2.24) is 14.9 Å². The maximum absolute atomic E-state index is 13.8. The summed E-state index contributed by atoms with van der Waals surface area (Å²) in [6.45, 7) is 6.06. The molecule has 0 radical (unpaired) electrons. The first-order valence-electron chi connectivity index (χ1n) is 9.86. The smallest absolute Gasteiger partial charge is 0.322 e. The van der Waals surface area contributed by atoms with E-state index in [1.807, 2.05) is 13.0 Å². The topological polar surface area (TPSA) is 64.6 Å². The van der Waals surface area contributed by atoms with E-state index in [2.05, 4.69) is 20.1 Å². The second kappa shape index (κ2) is 8.18. The Morgan fingerprint density at radius 2 is 1.69 bits per heavy atom. The normalized spacial score (nSPS) is 17.0. The molecule has 29 heavy (non-hydrogen) atoms. The highest BCUT2D eigenvalue weighted by Crippen LogP contribution is 2.22. The number of rotatable bonds is 3. The summed E-state index contributed by atoms with van der Waals surface area (Å²) >= 11 is 0. The molecule has 2 fully saturated rings. The Balaban J connectivity index is 1.39. The number of carbonyl (C=O) groups is 1. The molecule has 154 valence electrons. The lowest BCUT2D eigenvalue weighted by Crippen LogP contribution is -2.50. The number of piperazine rings is 1. The second-order valence-corrected chi connectivity index (χ2v) is 7.39. The lowest BCUT2D eigenvalue weighted by molar-refractivity contribution is 0.208. The number of benzene rings is 1. The van der Waals surface area contributed by atoms with Gasteiger partial charge in [0, 0.05) is 57.1 Å². The molecule has 1 N–H and O–H groups in total. The maximum Gasteiger partial charge on any atom is 0.322 e. The fourth-order valence-electron chi connectivity index (χ4n) is 3.68. The Morgan fingerprint density at radius 1 is 0.966 bits per heavy atom. The molecule has 0 saturated carbocycles. The van der Waals surface area contributed by atoms with Gasteiger partial charge in [-0.05, 0) is 31.9 Å². The monoisotopic (exact) mass is 402 g/mol. The van der Waals surface area contributed by atoms with E-state index in [0.29, 0.717) is 26.2 Å². The third-order valence-corrected chi connectivity index (χ3v) is 5.28. The molecule has 0 atom stereocenters. The zero-order chi connectivity index (χ0) is 20.4. The minimum absolute atomic E-state index is 0.154. The van der Waals surface area contributed by atoms with Crippen LogP contribution in [0.15, 0.2) is 24.3 Å². The van der Waals surface area contributed by atoms with Crippen molar-refractivity contribution in [3.05, 3.63) is 41.6 Å². The summed E-state index contributed by atoms with van der Waals surface area (Å²) in [6, 6.07) is 4.51. The molecule has 7 nitrogen and oxygen atoms in total. The summed E-state index contributed by atoms with van der Waals surface area (Å²) in [5.74, 6) is 0.360. The first kappa shape index (κ1) is 19.4. The molecule has 2 amide bonds. The van der Waals surface area contributed by atoms with Gasteiger partial charge in [0.2, 0.25) is 5.95 Å². The van der Waals surface area contributed by atoms with E-state index in [1.165, 1.54) is 0 Å². The Morgan fingerprint density at radius 3 is 2.41 bits per heavy atom. The van der Waals surface area contributed by atoms with Crippen LogP contribution in [0.3, 0.4) is 0 Å². The van der Waals surface area contributed by atoms with E-state index in [4.69, 9.17) is 4.98 Å². The van der Waals surface area contributed by atoms with Crippen LogP contribution in [0.4, 0.5) is 31.0 Å². The number of aryl methyl sites for hydroxylation is 1. The quantitative estimate of drug-likeness (QED) is 0.855. The molecule has 0 spiro atoms. The molecule has 0 bridgehead atoms. The molecule has 2 aliphatic rings. The third-order valence-electron chi connectivity index (χ3n) is 5.28. The molecule has 2 saturated heterocycles. The van der Waals surface area contributed by atoms with Crippen molar-refractivity contribution in [3.8, 4) is 0 Å². The average Bonchev–Trinajstić information content (AvgIpc) is 3.25. The van der Waals surface area contributed by atoms with Crippen LogP contribution in [0.5, 0.6) is 0 Å². The van der Waals surface area contributed by atoms with Gasteiger partial charge in [-0.25, -0.2) is 18.6 Å². The first-order valence-corrected chi connectivity index (χ1v) is 9.86. The Hall–Kier alpha value is -2.97. The number of urea groups is 1. The predicted molar refractivity (Wildman–Crippen MR) is 107 cm³/mol. The Kier molecular flexibility index (Phi) is 5.46. The summed E-state index contributed by atoms with van der Waals surface area (Å²) < 4.78 is 27.1. The number of halogens is 2. The number of aromatic nitrogens is 2. The molecule has 2 aliphatic heterocycles. The van der Waals surface area contributed by atoms with Crippen LogP contribution < -0.4 is 15.1 Å². The number of hydrogen-bond acceptors (Lipinski definition) is 5.